The number of ether oxygens (including phenoxy) is 2. The number of alkyl carbamates (subject to hydrolysis) is 1. The average Bonchev–Trinajstić information content (AvgIpc) is 2.99. The number of amides is 2. The zero-order chi connectivity index (χ0) is 26.7. The van der Waals surface area contributed by atoms with Gasteiger partial charge in [-0.2, -0.15) is 0 Å². The van der Waals surface area contributed by atoms with Crippen LogP contribution in [0.5, 0.6) is 6.01 Å². The Labute approximate surface area is 215 Å². The number of aromatic nitrogens is 2. The molecule has 2 atom stereocenters. The molecule has 1 aromatic rings. The third-order valence-electron chi connectivity index (χ3n) is 6.87. The number of hydrogen-bond acceptors (Lipinski definition) is 8. The van der Waals surface area contributed by atoms with Gasteiger partial charge in [0.1, 0.15) is 11.6 Å². The Kier molecular flexibility index (Phi) is 8.55. The maximum absolute atomic E-state index is 12.8. The van der Waals surface area contributed by atoms with E-state index in [4.69, 9.17) is 18.8 Å². The summed E-state index contributed by atoms with van der Waals surface area (Å²) in [6.07, 6.45) is 5.46. The zero-order valence-corrected chi connectivity index (χ0v) is 22.9. The normalized spacial score (nSPS) is 22.2. The molecule has 10 nitrogen and oxygen atoms in total. The number of carbonyl (C=O) groups excluding carboxylic acids is 2. The number of piperidine rings is 1. The van der Waals surface area contributed by atoms with E-state index < -0.39 is 36.1 Å². The van der Waals surface area contributed by atoms with Crippen LogP contribution in [-0.4, -0.2) is 76.5 Å². The molecule has 0 aromatic carbocycles. The zero-order valence-electron chi connectivity index (χ0n) is 22.9. The van der Waals surface area contributed by atoms with E-state index in [9.17, 15) is 9.59 Å². The Bertz CT molecular complexity index is 902. The van der Waals surface area contributed by atoms with Crippen molar-refractivity contribution in [3.05, 3.63) is 12.4 Å². The van der Waals surface area contributed by atoms with E-state index in [0.29, 0.717) is 31.6 Å². The minimum Gasteiger partial charge on any atom is -0.463 e. The maximum Gasteiger partial charge on any atom is 0.498 e. The van der Waals surface area contributed by atoms with Gasteiger partial charge >= 0.3 is 19.2 Å². The molecule has 200 valence electrons. The second-order valence-corrected chi connectivity index (χ2v) is 11.7. The highest BCUT2D eigenvalue weighted by Crippen LogP contribution is 2.36. The Morgan fingerprint density at radius 2 is 1.81 bits per heavy atom. The van der Waals surface area contributed by atoms with Crippen molar-refractivity contribution >= 4 is 24.6 Å². The van der Waals surface area contributed by atoms with Crippen LogP contribution in [0, 0.1) is 5.92 Å². The summed E-state index contributed by atoms with van der Waals surface area (Å²) < 4.78 is 23.1. The quantitative estimate of drug-likeness (QED) is 0.565. The molecule has 36 heavy (non-hydrogen) atoms. The monoisotopic (exact) mass is 504 g/mol. The SMILES string of the molecule is C[C@H](NC(=O)OC(C)(C)C)C(=O)N1CCC[C@H](CCOc2ncc(B3OC(C)(C)C(C)(C)O3)cn2)C1. The molecule has 2 fully saturated rings. The van der Waals surface area contributed by atoms with Crippen molar-refractivity contribution in [2.45, 2.75) is 97.5 Å². The fourth-order valence-corrected chi connectivity index (χ4v) is 4.14. The summed E-state index contributed by atoms with van der Waals surface area (Å²) in [6.45, 7) is 16.8. The molecule has 0 bridgehead atoms. The fourth-order valence-electron chi connectivity index (χ4n) is 4.14. The molecule has 2 aliphatic heterocycles. The van der Waals surface area contributed by atoms with Crippen LogP contribution >= 0.6 is 0 Å². The highest BCUT2D eigenvalue weighted by atomic mass is 16.7. The van der Waals surface area contributed by atoms with E-state index in [1.165, 1.54) is 0 Å². The highest BCUT2D eigenvalue weighted by Gasteiger charge is 2.52. The van der Waals surface area contributed by atoms with Gasteiger partial charge in [-0.3, -0.25) is 4.79 Å². The number of hydrogen-bond donors (Lipinski definition) is 1. The van der Waals surface area contributed by atoms with Crippen molar-refractivity contribution in [3.63, 3.8) is 0 Å². The summed E-state index contributed by atoms with van der Waals surface area (Å²) in [5.41, 5.74) is -0.715. The van der Waals surface area contributed by atoms with Crippen LogP contribution in [0.2, 0.25) is 0 Å². The molecule has 0 spiro atoms. The first kappa shape index (κ1) is 28.2. The lowest BCUT2D eigenvalue weighted by molar-refractivity contribution is -0.135. The van der Waals surface area contributed by atoms with Gasteiger partial charge in [0.2, 0.25) is 5.91 Å². The molecule has 1 N–H and O–H groups in total. The van der Waals surface area contributed by atoms with Gasteiger partial charge in [-0.1, -0.05) is 0 Å². The summed E-state index contributed by atoms with van der Waals surface area (Å²) in [4.78, 5) is 35.3. The molecule has 2 aliphatic rings. The smallest absolute Gasteiger partial charge is 0.463 e. The first-order valence-corrected chi connectivity index (χ1v) is 12.8. The summed E-state index contributed by atoms with van der Waals surface area (Å²) in [5, 5.41) is 2.64. The lowest BCUT2D eigenvalue weighted by Crippen LogP contribution is -2.50. The number of rotatable bonds is 7. The molecular formula is C25H41BN4O6. The molecule has 11 heteroatoms. The van der Waals surface area contributed by atoms with Crippen molar-refractivity contribution < 1.29 is 28.4 Å². The predicted octanol–water partition coefficient (Wildman–Crippen LogP) is 2.70. The maximum atomic E-state index is 12.8. The number of nitrogens with one attached hydrogen (secondary N) is 1. The second kappa shape index (κ2) is 10.9. The Morgan fingerprint density at radius 3 is 2.39 bits per heavy atom. The largest absolute Gasteiger partial charge is 0.498 e. The molecule has 0 saturated carbocycles. The van der Waals surface area contributed by atoms with E-state index in [-0.39, 0.29) is 5.91 Å². The van der Waals surface area contributed by atoms with Gasteiger partial charge in [0.05, 0.1) is 17.8 Å². The van der Waals surface area contributed by atoms with Crippen molar-refractivity contribution in [2.75, 3.05) is 19.7 Å². The third-order valence-corrected chi connectivity index (χ3v) is 6.87. The van der Waals surface area contributed by atoms with Gasteiger partial charge in [0.15, 0.2) is 0 Å². The molecule has 2 amide bonds. The lowest BCUT2D eigenvalue weighted by atomic mass is 9.81. The Balaban J connectivity index is 1.43. The van der Waals surface area contributed by atoms with Crippen LogP contribution in [0.1, 0.15) is 74.7 Å². The molecular weight excluding hydrogens is 463 g/mol. The molecule has 0 unspecified atom stereocenters. The van der Waals surface area contributed by atoms with Crippen LogP contribution in [-0.2, 0) is 18.8 Å². The number of carbonyl (C=O) groups is 2. The molecule has 3 rings (SSSR count). The van der Waals surface area contributed by atoms with Crippen molar-refractivity contribution in [1.82, 2.24) is 20.2 Å². The van der Waals surface area contributed by atoms with Gasteiger partial charge in [-0.05, 0) is 80.6 Å². The van der Waals surface area contributed by atoms with E-state index in [2.05, 4.69) is 15.3 Å². The fraction of sp³-hybridized carbons (Fsp3) is 0.760. The summed E-state index contributed by atoms with van der Waals surface area (Å²) in [6, 6.07) is -0.347. The highest BCUT2D eigenvalue weighted by molar-refractivity contribution is 6.61. The second-order valence-electron chi connectivity index (χ2n) is 11.7. The van der Waals surface area contributed by atoms with Crippen LogP contribution in [0.15, 0.2) is 12.4 Å². The molecule has 1 aromatic heterocycles. The van der Waals surface area contributed by atoms with Crippen LogP contribution in [0.3, 0.4) is 0 Å². The molecule has 0 radical (unpaired) electrons. The predicted molar refractivity (Wildman–Crippen MR) is 136 cm³/mol. The van der Waals surface area contributed by atoms with Gasteiger partial charge in [-0.25, -0.2) is 14.8 Å². The first-order valence-electron chi connectivity index (χ1n) is 12.8. The third kappa shape index (κ3) is 7.32. The Morgan fingerprint density at radius 1 is 1.19 bits per heavy atom. The topological polar surface area (TPSA) is 112 Å². The lowest BCUT2D eigenvalue weighted by Gasteiger charge is -2.34. The van der Waals surface area contributed by atoms with Gasteiger partial charge in [0.25, 0.3) is 0 Å². The van der Waals surface area contributed by atoms with Crippen LogP contribution in [0.25, 0.3) is 0 Å². The van der Waals surface area contributed by atoms with Crippen LogP contribution in [0.4, 0.5) is 4.79 Å². The molecule has 3 heterocycles. The van der Waals surface area contributed by atoms with E-state index >= 15 is 0 Å². The number of likely N-dealkylation sites (tertiary alicyclic amines) is 1. The van der Waals surface area contributed by atoms with E-state index in [1.807, 2.05) is 32.6 Å². The van der Waals surface area contributed by atoms with Crippen molar-refractivity contribution in [1.29, 1.82) is 0 Å². The average molecular weight is 504 g/mol. The summed E-state index contributed by atoms with van der Waals surface area (Å²) >= 11 is 0. The van der Waals surface area contributed by atoms with Gasteiger partial charge in [-0.15, -0.1) is 0 Å². The molecule has 0 aliphatic carbocycles. The first-order chi connectivity index (χ1) is 16.7. The van der Waals surface area contributed by atoms with Gasteiger partial charge < -0.3 is 29.0 Å². The number of nitrogens with zero attached hydrogens (tertiary/aromatic N) is 3. The minimum atomic E-state index is -0.647. The van der Waals surface area contributed by atoms with Crippen LogP contribution < -0.4 is 15.5 Å². The van der Waals surface area contributed by atoms with Gasteiger partial charge in [0, 0.05) is 30.9 Å². The summed E-state index contributed by atoms with van der Waals surface area (Å²) in [7, 11) is -0.512. The van der Waals surface area contributed by atoms with Crippen molar-refractivity contribution in [3.8, 4) is 6.01 Å². The Hall–Kier alpha value is -2.40. The summed E-state index contributed by atoms with van der Waals surface area (Å²) in [5.74, 6) is 0.202. The standard InChI is InChI=1S/C25H41BN4O6/c1-17(29-22(32)34-23(2,3)4)20(31)30-12-9-10-18(16-30)11-13-33-21-27-14-19(15-28-21)26-35-24(5,6)25(7,8)36-26/h14-15,17-18H,9-13,16H2,1-8H3,(H,29,32)/t17-,18+/m0/s1. The van der Waals surface area contributed by atoms with E-state index in [1.54, 1.807) is 40.1 Å². The van der Waals surface area contributed by atoms with E-state index in [0.717, 1.165) is 24.7 Å². The van der Waals surface area contributed by atoms with Crippen molar-refractivity contribution in [2.24, 2.45) is 5.92 Å². The molecule has 2 saturated heterocycles. The minimum absolute atomic E-state index is 0.104.